The molecule has 0 aliphatic rings. The van der Waals surface area contributed by atoms with Crippen LogP contribution in [0, 0.1) is 18.3 Å². The van der Waals surface area contributed by atoms with Gasteiger partial charge in [-0.15, -0.1) is 0 Å². The van der Waals surface area contributed by atoms with Crippen LogP contribution in [0.25, 0.3) is 0 Å². The third-order valence-electron chi connectivity index (χ3n) is 3.04. The molecule has 0 aliphatic heterocycles. The van der Waals surface area contributed by atoms with E-state index >= 15 is 0 Å². The maximum Gasteiger partial charge on any atom is 0.321 e. The maximum absolute atomic E-state index is 12.3. The molecule has 7 heteroatoms. The van der Waals surface area contributed by atoms with Gasteiger partial charge in [-0.25, -0.2) is 8.42 Å². The van der Waals surface area contributed by atoms with E-state index in [1.54, 1.807) is 6.92 Å². The van der Waals surface area contributed by atoms with E-state index in [0.29, 0.717) is 17.5 Å². The molecule has 1 atom stereocenters. The van der Waals surface area contributed by atoms with Crippen molar-refractivity contribution in [1.29, 1.82) is 5.26 Å². The second kappa shape index (κ2) is 7.20. The van der Waals surface area contributed by atoms with E-state index in [-0.39, 0.29) is 11.3 Å². The van der Waals surface area contributed by atoms with Crippen LogP contribution in [0.4, 0.5) is 0 Å². The van der Waals surface area contributed by atoms with Crippen LogP contribution >= 0.6 is 0 Å². The number of aryl methyl sites for hydroxylation is 1. The number of nitriles is 1. The lowest BCUT2D eigenvalue weighted by atomic mass is 10.1. The molecule has 0 amide bonds. The van der Waals surface area contributed by atoms with Gasteiger partial charge in [0.05, 0.1) is 16.5 Å². The Morgan fingerprint density at radius 1 is 1.48 bits per heavy atom. The summed E-state index contributed by atoms with van der Waals surface area (Å²) in [6.07, 6.45) is 1.63. The first-order valence-corrected chi connectivity index (χ1v) is 8.06. The minimum atomic E-state index is -3.93. The SMILES string of the molecule is CCCCC(NS(=O)(=O)c1ccc(C#N)cc1C)C(=O)O. The summed E-state index contributed by atoms with van der Waals surface area (Å²) in [4.78, 5) is 11.1. The summed E-state index contributed by atoms with van der Waals surface area (Å²) in [5.41, 5.74) is 0.758. The number of aliphatic carboxylic acids is 1. The fraction of sp³-hybridized carbons (Fsp3) is 0.429. The van der Waals surface area contributed by atoms with Crippen molar-refractivity contribution in [2.45, 2.75) is 44.0 Å². The number of benzene rings is 1. The Labute approximate surface area is 124 Å². The van der Waals surface area contributed by atoms with Gasteiger partial charge in [0.25, 0.3) is 0 Å². The fourth-order valence-electron chi connectivity index (χ4n) is 1.91. The number of carboxylic acids is 1. The van der Waals surface area contributed by atoms with Gasteiger partial charge in [-0.05, 0) is 37.1 Å². The average molecular weight is 310 g/mol. The van der Waals surface area contributed by atoms with Gasteiger partial charge in [0.2, 0.25) is 10.0 Å². The highest BCUT2D eigenvalue weighted by Gasteiger charge is 2.26. The van der Waals surface area contributed by atoms with E-state index < -0.39 is 22.0 Å². The Hall–Kier alpha value is -1.91. The Morgan fingerprint density at radius 3 is 2.62 bits per heavy atom. The summed E-state index contributed by atoms with van der Waals surface area (Å²) in [7, 11) is -3.93. The van der Waals surface area contributed by atoms with Crippen molar-refractivity contribution in [1.82, 2.24) is 4.72 Å². The molecule has 0 radical (unpaired) electrons. The van der Waals surface area contributed by atoms with Gasteiger partial charge >= 0.3 is 5.97 Å². The molecule has 0 bridgehead atoms. The van der Waals surface area contributed by atoms with Gasteiger partial charge in [0.15, 0.2) is 0 Å². The second-order valence-electron chi connectivity index (χ2n) is 4.75. The summed E-state index contributed by atoms with van der Waals surface area (Å²) >= 11 is 0. The first-order chi connectivity index (χ1) is 9.81. The van der Waals surface area contributed by atoms with Crippen molar-refractivity contribution in [3.63, 3.8) is 0 Å². The summed E-state index contributed by atoms with van der Waals surface area (Å²) in [6, 6.07) is 4.94. The van der Waals surface area contributed by atoms with Crippen LogP contribution in [-0.2, 0) is 14.8 Å². The molecule has 1 rings (SSSR count). The van der Waals surface area contributed by atoms with E-state index in [4.69, 9.17) is 10.4 Å². The Morgan fingerprint density at radius 2 is 2.14 bits per heavy atom. The van der Waals surface area contributed by atoms with E-state index in [1.165, 1.54) is 18.2 Å². The van der Waals surface area contributed by atoms with Crippen molar-refractivity contribution in [3.05, 3.63) is 29.3 Å². The van der Waals surface area contributed by atoms with Gasteiger partial charge in [0, 0.05) is 0 Å². The molecular weight excluding hydrogens is 292 g/mol. The van der Waals surface area contributed by atoms with Gasteiger partial charge < -0.3 is 5.11 Å². The fourth-order valence-corrected chi connectivity index (χ4v) is 3.36. The zero-order valence-corrected chi connectivity index (χ0v) is 12.8. The van der Waals surface area contributed by atoms with Crippen LogP contribution in [0.15, 0.2) is 23.1 Å². The third-order valence-corrected chi connectivity index (χ3v) is 4.67. The van der Waals surface area contributed by atoms with Crippen LogP contribution in [0.3, 0.4) is 0 Å². The van der Waals surface area contributed by atoms with Gasteiger partial charge in [-0.3, -0.25) is 4.79 Å². The summed E-state index contributed by atoms with van der Waals surface area (Å²) in [5, 5.41) is 17.9. The molecule has 2 N–H and O–H groups in total. The highest BCUT2D eigenvalue weighted by atomic mass is 32.2. The predicted molar refractivity (Wildman–Crippen MR) is 77.2 cm³/mol. The number of hydrogen-bond donors (Lipinski definition) is 2. The van der Waals surface area contributed by atoms with Crippen LogP contribution in [0.2, 0.25) is 0 Å². The third kappa shape index (κ3) is 4.55. The normalized spacial score (nSPS) is 12.6. The maximum atomic E-state index is 12.3. The second-order valence-corrected chi connectivity index (χ2v) is 6.43. The zero-order valence-electron chi connectivity index (χ0n) is 12.0. The van der Waals surface area contributed by atoms with Crippen LogP contribution in [0.1, 0.15) is 37.3 Å². The topological polar surface area (TPSA) is 107 Å². The molecule has 114 valence electrons. The lowest BCUT2D eigenvalue weighted by Crippen LogP contribution is -2.40. The Bertz CT molecular complexity index is 662. The Balaban J connectivity index is 3.05. The number of sulfonamides is 1. The van der Waals surface area contributed by atoms with E-state index in [2.05, 4.69) is 4.72 Å². The number of unbranched alkanes of at least 4 members (excludes halogenated alkanes) is 1. The molecule has 0 saturated heterocycles. The van der Waals surface area contributed by atoms with Crippen molar-refractivity contribution < 1.29 is 18.3 Å². The number of carboxylic acid groups (broad SMARTS) is 1. The lowest BCUT2D eigenvalue weighted by molar-refractivity contribution is -0.139. The highest BCUT2D eigenvalue weighted by Crippen LogP contribution is 2.17. The largest absolute Gasteiger partial charge is 0.480 e. The molecule has 1 aromatic rings. The molecule has 1 aromatic carbocycles. The highest BCUT2D eigenvalue weighted by molar-refractivity contribution is 7.89. The number of carbonyl (C=O) groups is 1. The first-order valence-electron chi connectivity index (χ1n) is 6.57. The minimum absolute atomic E-state index is 0.00996. The molecule has 0 saturated carbocycles. The van der Waals surface area contributed by atoms with E-state index in [0.717, 1.165) is 6.42 Å². The van der Waals surface area contributed by atoms with Crippen molar-refractivity contribution in [3.8, 4) is 6.07 Å². The van der Waals surface area contributed by atoms with Crippen LogP contribution in [-0.4, -0.2) is 25.5 Å². The van der Waals surface area contributed by atoms with Crippen molar-refractivity contribution in [2.75, 3.05) is 0 Å². The van der Waals surface area contributed by atoms with Crippen molar-refractivity contribution in [2.24, 2.45) is 0 Å². The summed E-state index contributed by atoms with van der Waals surface area (Å²) in [5.74, 6) is -1.20. The molecule has 0 aromatic heterocycles. The summed E-state index contributed by atoms with van der Waals surface area (Å²) in [6.45, 7) is 3.47. The van der Waals surface area contributed by atoms with E-state index in [9.17, 15) is 13.2 Å². The monoisotopic (exact) mass is 310 g/mol. The quantitative estimate of drug-likeness (QED) is 0.798. The molecule has 0 spiro atoms. The molecule has 1 unspecified atom stereocenters. The van der Waals surface area contributed by atoms with Crippen LogP contribution < -0.4 is 4.72 Å². The molecule has 0 fully saturated rings. The van der Waals surface area contributed by atoms with Crippen molar-refractivity contribution >= 4 is 16.0 Å². The molecule has 21 heavy (non-hydrogen) atoms. The molecular formula is C14H18N2O4S. The minimum Gasteiger partial charge on any atom is -0.480 e. The van der Waals surface area contributed by atoms with Gasteiger partial charge in [0.1, 0.15) is 6.04 Å². The van der Waals surface area contributed by atoms with E-state index in [1.807, 2.05) is 13.0 Å². The Kier molecular flexibility index (Phi) is 5.88. The van der Waals surface area contributed by atoms with Gasteiger partial charge in [-0.2, -0.15) is 9.98 Å². The van der Waals surface area contributed by atoms with Crippen LogP contribution in [0.5, 0.6) is 0 Å². The average Bonchev–Trinajstić information content (AvgIpc) is 2.42. The summed E-state index contributed by atoms with van der Waals surface area (Å²) < 4.78 is 26.8. The zero-order chi connectivity index (χ0) is 16.0. The first kappa shape index (κ1) is 17.1. The standard InChI is InChI=1S/C14H18N2O4S/c1-3-4-5-12(14(17)18)16-21(19,20)13-7-6-11(9-15)8-10(13)2/h6-8,12,16H,3-5H2,1-2H3,(H,17,18). The predicted octanol–water partition coefficient (Wildman–Crippen LogP) is 1.79. The van der Waals surface area contributed by atoms with Gasteiger partial charge in [-0.1, -0.05) is 19.8 Å². The molecule has 6 nitrogen and oxygen atoms in total. The number of rotatable bonds is 7. The number of nitrogens with one attached hydrogen (secondary N) is 1. The lowest BCUT2D eigenvalue weighted by Gasteiger charge is -2.15. The molecule has 0 aliphatic carbocycles. The molecule has 0 heterocycles. The number of nitrogens with zero attached hydrogens (tertiary/aromatic N) is 1. The smallest absolute Gasteiger partial charge is 0.321 e. The number of hydrogen-bond acceptors (Lipinski definition) is 4.